The Morgan fingerprint density at radius 3 is 2.81 bits per heavy atom. The van der Waals surface area contributed by atoms with Crippen LogP contribution in [0.4, 0.5) is 0 Å². The van der Waals surface area contributed by atoms with Gasteiger partial charge in [-0.3, -0.25) is 0 Å². The monoisotopic (exact) mass is 261 g/mol. The van der Waals surface area contributed by atoms with Crippen LogP contribution in [0.2, 0.25) is 5.15 Å². The van der Waals surface area contributed by atoms with Gasteiger partial charge in [-0.2, -0.15) is 5.10 Å². The van der Waals surface area contributed by atoms with Crippen LogP contribution in [0.3, 0.4) is 0 Å². The molecular weight excluding hydrogens is 253 g/mol. The van der Waals surface area contributed by atoms with Crippen LogP contribution in [-0.4, -0.2) is 36.8 Å². The molecule has 0 bridgehead atoms. The van der Waals surface area contributed by atoms with E-state index in [0.717, 1.165) is 0 Å². The van der Waals surface area contributed by atoms with Crippen LogP contribution >= 0.6 is 23.2 Å². The van der Waals surface area contributed by atoms with Gasteiger partial charge in [0.1, 0.15) is 11.3 Å². The molecule has 86 valence electrons. The minimum absolute atomic E-state index is 0.0744. The Bertz CT molecular complexity index is 502. The summed E-state index contributed by atoms with van der Waals surface area (Å²) in [7, 11) is 0. The van der Waals surface area contributed by atoms with Gasteiger partial charge in [0.25, 0.3) is 0 Å². The third-order valence-corrected chi connectivity index (χ3v) is 2.70. The van der Waals surface area contributed by atoms with Crippen molar-refractivity contribution in [3.05, 3.63) is 29.2 Å². The molecule has 2 aromatic heterocycles. The number of hydrogen-bond donors (Lipinski definition) is 2. The van der Waals surface area contributed by atoms with Gasteiger partial charge in [-0.1, -0.05) is 11.6 Å². The average Bonchev–Trinajstić information content (AvgIpc) is 2.69. The number of imidazole rings is 1. The van der Waals surface area contributed by atoms with Crippen molar-refractivity contribution in [2.24, 2.45) is 0 Å². The third-order valence-electron chi connectivity index (χ3n) is 2.18. The number of aromatic nitrogens is 3. The molecule has 2 heterocycles. The molecule has 0 saturated heterocycles. The molecular formula is C9H9Cl2N3O2. The second kappa shape index (κ2) is 4.55. The van der Waals surface area contributed by atoms with Gasteiger partial charge in [0.15, 0.2) is 5.65 Å². The minimum Gasteiger partial charge on any atom is -0.389 e. The molecule has 2 N–H and O–H groups in total. The summed E-state index contributed by atoms with van der Waals surface area (Å²) < 4.78 is 1.38. The van der Waals surface area contributed by atoms with Crippen molar-refractivity contribution in [2.45, 2.75) is 12.2 Å². The van der Waals surface area contributed by atoms with Crippen LogP contribution in [0.1, 0.15) is 11.8 Å². The maximum Gasteiger partial charge on any atom is 0.153 e. The predicted molar refractivity (Wildman–Crippen MR) is 59.7 cm³/mol. The van der Waals surface area contributed by atoms with Crippen LogP contribution in [0.5, 0.6) is 0 Å². The van der Waals surface area contributed by atoms with E-state index in [0.29, 0.717) is 11.3 Å². The van der Waals surface area contributed by atoms with E-state index in [4.69, 9.17) is 23.2 Å². The van der Waals surface area contributed by atoms with Crippen molar-refractivity contribution < 1.29 is 10.2 Å². The van der Waals surface area contributed by atoms with Crippen LogP contribution in [0.25, 0.3) is 5.65 Å². The summed E-state index contributed by atoms with van der Waals surface area (Å²) in [5, 5.41) is 23.5. The summed E-state index contributed by atoms with van der Waals surface area (Å²) in [6, 6.07) is 3.26. The van der Waals surface area contributed by atoms with Crippen LogP contribution in [-0.2, 0) is 0 Å². The summed E-state index contributed by atoms with van der Waals surface area (Å²) in [5.41, 5.74) is 0.894. The van der Waals surface area contributed by atoms with Crippen molar-refractivity contribution >= 4 is 28.8 Å². The highest BCUT2D eigenvalue weighted by Crippen LogP contribution is 2.19. The SMILES string of the molecule is OC(CCl)C(O)c1cnc2ccc(Cl)nn12. The summed E-state index contributed by atoms with van der Waals surface area (Å²) in [6.45, 7) is 0. The Morgan fingerprint density at radius 1 is 1.38 bits per heavy atom. The van der Waals surface area contributed by atoms with E-state index in [1.165, 1.54) is 10.7 Å². The first-order chi connectivity index (χ1) is 7.63. The second-order valence-electron chi connectivity index (χ2n) is 3.28. The van der Waals surface area contributed by atoms with Crippen LogP contribution in [0.15, 0.2) is 18.3 Å². The highest BCUT2D eigenvalue weighted by Gasteiger charge is 2.21. The molecule has 2 unspecified atom stereocenters. The number of aliphatic hydroxyl groups is 2. The zero-order valence-corrected chi connectivity index (χ0v) is 9.60. The lowest BCUT2D eigenvalue weighted by molar-refractivity contribution is 0.0288. The van der Waals surface area contributed by atoms with Crippen LogP contribution < -0.4 is 0 Å². The maximum atomic E-state index is 9.79. The summed E-state index contributed by atoms with van der Waals surface area (Å²) >= 11 is 11.2. The molecule has 0 aliphatic heterocycles. The Labute approximate surface area is 101 Å². The standard InChI is InChI=1S/C9H9Cl2N3O2/c10-3-6(15)9(16)5-4-12-8-2-1-7(11)13-14(5)8/h1-2,4,6,9,15-16H,3H2. The molecule has 16 heavy (non-hydrogen) atoms. The van der Waals surface area contributed by atoms with E-state index < -0.39 is 12.2 Å². The van der Waals surface area contributed by atoms with Crippen molar-refractivity contribution in [3.8, 4) is 0 Å². The summed E-state index contributed by atoms with van der Waals surface area (Å²) in [5.74, 6) is -0.0744. The molecule has 0 aliphatic carbocycles. The lowest BCUT2D eigenvalue weighted by Crippen LogP contribution is -2.21. The van der Waals surface area contributed by atoms with Gasteiger partial charge < -0.3 is 10.2 Å². The van der Waals surface area contributed by atoms with Crippen molar-refractivity contribution in [2.75, 3.05) is 5.88 Å². The number of halogens is 2. The van der Waals surface area contributed by atoms with Crippen LogP contribution in [0, 0.1) is 0 Å². The number of alkyl halides is 1. The average molecular weight is 262 g/mol. The molecule has 0 spiro atoms. The van der Waals surface area contributed by atoms with Crippen molar-refractivity contribution in [3.63, 3.8) is 0 Å². The van der Waals surface area contributed by atoms with E-state index in [9.17, 15) is 10.2 Å². The van der Waals surface area contributed by atoms with Crippen molar-refractivity contribution in [1.29, 1.82) is 0 Å². The summed E-state index contributed by atoms with van der Waals surface area (Å²) in [4.78, 5) is 4.03. The normalized spacial score (nSPS) is 15.2. The molecule has 0 saturated carbocycles. The predicted octanol–water partition coefficient (Wildman–Crippen LogP) is 1.02. The van der Waals surface area contributed by atoms with E-state index >= 15 is 0 Å². The highest BCUT2D eigenvalue weighted by molar-refractivity contribution is 6.29. The molecule has 0 aromatic carbocycles. The first-order valence-electron chi connectivity index (χ1n) is 4.55. The van der Waals surface area contributed by atoms with Gasteiger partial charge >= 0.3 is 0 Å². The molecule has 5 nitrogen and oxygen atoms in total. The number of hydrogen-bond acceptors (Lipinski definition) is 4. The van der Waals surface area contributed by atoms with Gasteiger partial charge in [-0.25, -0.2) is 9.50 Å². The summed E-state index contributed by atoms with van der Waals surface area (Å²) in [6.07, 6.45) is -0.778. The first kappa shape index (κ1) is 11.6. The molecule has 0 aliphatic rings. The van der Waals surface area contributed by atoms with Gasteiger partial charge in [-0.05, 0) is 12.1 Å². The molecule has 2 aromatic rings. The smallest absolute Gasteiger partial charge is 0.153 e. The fourth-order valence-corrected chi connectivity index (χ4v) is 1.66. The fourth-order valence-electron chi connectivity index (χ4n) is 1.35. The first-order valence-corrected chi connectivity index (χ1v) is 5.47. The second-order valence-corrected chi connectivity index (χ2v) is 3.97. The molecule has 0 amide bonds. The van der Waals surface area contributed by atoms with E-state index in [-0.39, 0.29) is 11.0 Å². The van der Waals surface area contributed by atoms with Gasteiger partial charge in [-0.15, -0.1) is 11.6 Å². The Morgan fingerprint density at radius 2 is 2.12 bits per heavy atom. The number of aliphatic hydroxyl groups excluding tert-OH is 2. The number of fused-ring (bicyclic) bond motifs is 1. The number of nitrogens with zero attached hydrogens (tertiary/aromatic N) is 3. The highest BCUT2D eigenvalue weighted by atomic mass is 35.5. The Hall–Kier alpha value is -0.880. The van der Waals surface area contributed by atoms with Gasteiger partial charge in [0.2, 0.25) is 0 Å². The van der Waals surface area contributed by atoms with E-state index in [2.05, 4.69) is 10.1 Å². The van der Waals surface area contributed by atoms with E-state index in [1.54, 1.807) is 12.1 Å². The molecule has 0 fully saturated rings. The fraction of sp³-hybridized carbons (Fsp3) is 0.333. The Kier molecular flexibility index (Phi) is 3.30. The van der Waals surface area contributed by atoms with Gasteiger partial charge in [0, 0.05) is 0 Å². The molecule has 2 atom stereocenters. The quantitative estimate of drug-likeness (QED) is 0.810. The lowest BCUT2D eigenvalue weighted by atomic mass is 10.2. The Balaban J connectivity index is 2.48. The molecule has 7 heteroatoms. The van der Waals surface area contributed by atoms with E-state index in [1.807, 2.05) is 0 Å². The maximum absolute atomic E-state index is 9.79. The lowest BCUT2D eigenvalue weighted by Gasteiger charge is -2.14. The largest absolute Gasteiger partial charge is 0.389 e. The zero-order chi connectivity index (χ0) is 11.7. The third kappa shape index (κ3) is 1.99. The van der Waals surface area contributed by atoms with Gasteiger partial charge in [0.05, 0.1) is 23.9 Å². The molecule has 2 rings (SSSR count). The van der Waals surface area contributed by atoms with Crippen molar-refractivity contribution in [1.82, 2.24) is 14.6 Å². The molecule has 0 radical (unpaired) electrons. The topological polar surface area (TPSA) is 70.7 Å². The zero-order valence-electron chi connectivity index (χ0n) is 8.09. The number of rotatable bonds is 3. The minimum atomic E-state index is -1.14.